The highest BCUT2D eigenvalue weighted by Gasteiger charge is 2.35. The van der Waals surface area contributed by atoms with E-state index >= 15 is 0 Å². The fraction of sp³-hybridized carbons (Fsp3) is 0.529. The second kappa shape index (κ2) is 43.6. The van der Waals surface area contributed by atoms with Crippen molar-refractivity contribution >= 4 is 117 Å². The van der Waals surface area contributed by atoms with Crippen molar-refractivity contribution < 1.29 is 87.2 Å². The van der Waals surface area contributed by atoms with E-state index in [1.807, 2.05) is 20.1 Å². The van der Waals surface area contributed by atoms with Crippen LogP contribution in [0.25, 0.3) is 10.9 Å². The minimum Gasteiger partial charge on any atom is -0.480 e. The number of primary amides is 2. The number of benzene rings is 2. The summed E-state index contributed by atoms with van der Waals surface area (Å²) in [6.07, 6.45) is 5.60. The fourth-order valence-corrected chi connectivity index (χ4v) is 11.7. The van der Waals surface area contributed by atoms with Gasteiger partial charge in [0.25, 0.3) is 5.91 Å². The Bertz CT molecular complexity index is 3660. The van der Waals surface area contributed by atoms with Crippen molar-refractivity contribution in [3.05, 3.63) is 84.1 Å². The molecular formula is C68H99N19O18S. The SMILES string of the molecule is CSCCC(NC(=O)[C@H](CC(C)C)NC(=O)[C@H](Cc1cnc[nH]1)NC(=O)CNC(=O)[C@@H](NC(=O)C(C)NC(=O)[C@H](Cc1c[nH]c2ccccc12)NC(=O)C(CCC(N)=O)NC(=O)c1ccc(NC(=O)CNC(=O)CN2CCN(CC(=O)O)CCN(CC(=O)O)CCN(CC(=O)O)CC2)cc1)C(C)C)C(N)=O. The van der Waals surface area contributed by atoms with Crippen LogP contribution in [0, 0.1) is 11.8 Å². The monoisotopic (exact) mass is 1500 g/mol. The maximum atomic E-state index is 14.5. The number of carboxylic acid groups (broad SMARTS) is 3. The number of thioether (sulfide) groups is 1. The first-order chi connectivity index (χ1) is 50.3. The number of aromatic nitrogens is 3. The van der Waals surface area contributed by atoms with Gasteiger partial charge in [-0.05, 0) is 85.9 Å². The van der Waals surface area contributed by atoms with Crippen LogP contribution in [0.15, 0.2) is 67.3 Å². The number of aliphatic carboxylic acids is 3. The van der Waals surface area contributed by atoms with Crippen molar-refractivity contribution in [1.29, 1.82) is 0 Å². The highest BCUT2D eigenvalue weighted by Crippen LogP contribution is 2.20. The summed E-state index contributed by atoms with van der Waals surface area (Å²) in [7, 11) is 0. The van der Waals surface area contributed by atoms with Gasteiger partial charge in [-0.3, -0.25) is 91.5 Å². The molecule has 1 aliphatic heterocycles. The number of carboxylic acids is 3. The number of carbonyl (C=O) groups is 15. The number of para-hydroxylation sites is 1. The summed E-state index contributed by atoms with van der Waals surface area (Å²) in [4.78, 5) is 214. The number of rotatable bonds is 41. The molecule has 106 heavy (non-hydrogen) atoms. The van der Waals surface area contributed by atoms with Crippen LogP contribution in [0.1, 0.15) is 81.9 Å². The smallest absolute Gasteiger partial charge is 0.317 e. The topological polar surface area (TPSA) is 547 Å². The molecule has 0 spiro atoms. The Morgan fingerprint density at radius 1 is 0.538 bits per heavy atom. The van der Waals surface area contributed by atoms with E-state index in [4.69, 9.17) is 11.5 Å². The van der Waals surface area contributed by atoms with Crippen molar-refractivity contribution in [1.82, 2.24) is 82.4 Å². The Morgan fingerprint density at radius 2 is 1.07 bits per heavy atom. The highest BCUT2D eigenvalue weighted by atomic mass is 32.2. The Morgan fingerprint density at radius 3 is 1.60 bits per heavy atom. The lowest BCUT2D eigenvalue weighted by Crippen LogP contribution is -2.59. The molecule has 3 unspecified atom stereocenters. The summed E-state index contributed by atoms with van der Waals surface area (Å²) in [5, 5.41) is 55.2. The van der Waals surface area contributed by atoms with Gasteiger partial charge in [0.05, 0.1) is 45.6 Å². The van der Waals surface area contributed by atoms with E-state index in [0.717, 1.165) is 0 Å². The van der Waals surface area contributed by atoms with Gasteiger partial charge in [-0.25, -0.2) is 4.98 Å². The number of nitrogens with two attached hydrogens (primary N) is 2. The minimum absolute atomic E-state index is 0.0231. The molecule has 37 nitrogen and oxygen atoms in total. The third-order valence-electron chi connectivity index (χ3n) is 16.9. The number of nitrogens with one attached hydrogen (secondary N) is 12. The first-order valence-corrected chi connectivity index (χ1v) is 35.9. The van der Waals surface area contributed by atoms with Crippen molar-refractivity contribution in [2.75, 3.05) is 109 Å². The van der Waals surface area contributed by atoms with Gasteiger partial charge in [-0.15, -0.1) is 0 Å². The number of hydrogen-bond donors (Lipinski definition) is 17. The van der Waals surface area contributed by atoms with E-state index in [-0.39, 0.29) is 128 Å². The Kier molecular flexibility index (Phi) is 35.4. The van der Waals surface area contributed by atoms with Crippen LogP contribution in [0.2, 0.25) is 0 Å². The van der Waals surface area contributed by atoms with Crippen molar-refractivity contribution in [2.24, 2.45) is 23.3 Å². The quantitative estimate of drug-likeness (QED) is 0.0203. The van der Waals surface area contributed by atoms with Crippen molar-refractivity contribution in [2.45, 2.75) is 115 Å². The zero-order chi connectivity index (χ0) is 78.2. The van der Waals surface area contributed by atoms with Crippen molar-refractivity contribution in [3.8, 4) is 0 Å². The first-order valence-electron chi connectivity index (χ1n) is 34.5. The second-order valence-corrected chi connectivity index (χ2v) is 27.3. The fourth-order valence-electron chi connectivity index (χ4n) is 11.2. The number of aromatic amines is 2. The molecule has 0 radical (unpaired) electrons. The molecule has 1 saturated heterocycles. The summed E-state index contributed by atoms with van der Waals surface area (Å²) in [6, 6.07) is 3.33. The molecule has 38 heteroatoms. The van der Waals surface area contributed by atoms with Gasteiger partial charge in [0, 0.05) is 112 Å². The Balaban J connectivity index is 1.22. The van der Waals surface area contributed by atoms with Crippen LogP contribution in [-0.2, 0) is 80.0 Å². The van der Waals surface area contributed by atoms with Crippen molar-refractivity contribution in [3.63, 3.8) is 0 Å². The maximum absolute atomic E-state index is 14.5. The lowest BCUT2D eigenvalue weighted by Gasteiger charge is -2.32. The van der Waals surface area contributed by atoms with E-state index < -0.39 is 157 Å². The molecule has 12 amide bonds. The molecule has 580 valence electrons. The molecule has 1 aliphatic rings. The number of carbonyl (C=O) groups excluding carboxylic acids is 12. The van der Waals surface area contributed by atoms with Gasteiger partial charge in [0.15, 0.2) is 0 Å². The van der Waals surface area contributed by atoms with E-state index in [1.54, 1.807) is 63.9 Å². The molecule has 1 fully saturated rings. The van der Waals surface area contributed by atoms with E-state index in [2.05, 4.69) is 68.1 Å². The average molecular weight is 1500 g/mol. The summed E-state index contributed by atoms with van der Waals surface area (Å²) < 4.78 is 0. The molecule has 7 atom stereocenters. The Hall–Kier alpha value is -10.6. The van der Waals surface area contributed by atoms with Crippen LogP contribution < -0.4 is 64.6 Å². The molecule has 4 aromatic rings. The third-order valence-corrected chi connectivity index (χ3v) is 17.6. The molecule has 0 bridgehead atoms. The van der Waals surface area contributed by atoms with Gasteiger partial charge in [0.2, 0.25) is 65.0 Å². The van der Waals surface area contributed by atoms with Crippen LogP contribution in [-0.4, -0.2) is 285 Å². The first kappa shape index (κ1) is 86.1. The number of hydrogen-bond acceptors (Lipinski definition) is 21. The number of anilines is 1. The number of nitrogens with zero attached hydrogens (tertiary/aromatic N) is 5. The summed E-state index contributed by atoms with van der Waals surface area (Å²) in [6.45, 7) is 7.03. The second-order valence-electron chi connectivity index (χ2n) is 26.4. The average Bonchev–Trinajstić information content (AvgIpc) is 1.68. The summed E-state index contributed by atoms with van der Waals surface area (Å²) >= 11 is 1.45. The lowest BCUT2D eigenvalue weighted by atomic mass is 10.0. The van der Waals surface area contributed by atoms with E-state index in [0.29, 0.717) is 27.9 Å². The standard InChI is InChI=1S/C68H99N19O18S/c1-39(2)27-50(66(103)79-48(61(70)98)17-26-106-6)81-67(104)52(29-45-31-71-38-75-45)78-55(90)33-74-68(105)60(40(3)4)83-62(99)41(5)76-65(102)51(28-43-30-72-47-10-8-7-9-46(43)47)82-64(101)49(15-16-53(69)88)80-63(100)42-11-13-44(14-12-42)77-54(89)32-73-56(91)34-84-18-20-85(35-57(92)93)22-24-87(37-59(96)97)25-23-86(21-19-84)36-58(94)95/h7-14,30-31,38-41,48-52,60,72H,15-29,32-37H2,1-6H3,(H2,69,88)(H2,70,98)(H,71,75)(H,73,91)(H,74,105)(H,76,102)(H,77,89)(H,78,90)(H,79,103)(H,80,100)(H,81,104)(H,82,101)(H,83,99)(H,92,93)(H,94,95)(H,96,97)/t41?,48?,49?,50-,51-,52-,60-/m0/s1. The minimum atomic E-state index is -1.50. The lowest BCUT2D eigenvalue weighted by molar-refractivity contribution is -0.140. The molecule has 3 heterocycles. The number of amides is 12. The number of fused-ring (bicyclic) bond motifs is 1. The van der Waals surface area contributed by atoms with E-state index in [9.17, 15) is 87.2 Å². The number of H-pyrrole nitrogens is 2. The molecule has 2 aromatic heterocycles. The molecule has 2 aromatic carbocycles. The summed E-state index contributed by atoms with van der Waals surface area (Å²) in [5.41, 5.74) is 12.9. The predicted octanol–water partition coefficient (Wildman–Crippen LogP) is -3.74. The summed E-state index contributed by atoms with van der Waals surface area (Å²) in [5.74, 6) is -13.0. The van der Waals surface area contributed by atoms with Gasteiger partial charge >= 0.3 is 17.9 Å². The largest absolute Gasteiger partial charge is 0.480 e. The normalized spacial score (nSPS) is 15.4. The predicted molar refractivity (Wildman–Crippen MR) is 387 cm³/mol. The molecule has 19 N–H and O–H groups in total. The maximum Gasteiger partial charge on any atom is 0.317 e. The van der Waals surface area contributed by atoms with Gasteiger partial charge in [-0.2, -0.15) is 11.8 Å². The highest BCUT2D eigenvalue weighted by molar-refractivity contribution is 7.98. The van der Waals surface area contributed by atoms with Gasteiger partial charge < -0.3 is 89.9 Å². The Labute approximate surface area is 616 Å². The van der Waals surface area contributed by atoms with Crippen LogP contribution >= 0.6 is 11.8 Å². The van der Waals surface area contributed by atoms with Gasteiger partial charge in [0.1, 0.15) is 42.3 Å². The zero-order valence-corrected chi connectivity index (χ0v) is 61.0. The molecule has 5 rings (SSSR count). The van der Waals surface area contributed by atoms with Crippen LogP contribution in [0.5, 0.6) is 0 Å². The molecule has 0 saturated carbocycles. The van der Waals surface area contributed by atoms with E-state index in [1.165, 1.54) is 55.5 Å². The zero-order valence-electron chi connectivity index (χ0n) is 60.2. The molecular weight excluding hydrogens is 1400 g/mol. The molecule has 0 aliphatic carbocycles. The van der Waals surface area contributed by atoms with Crippen LogP contribution in [0.4, 0.5) is 5.69 Å². The van der Waals surface area contributed by atoms with Gasteiger partial charge in [-0.1, -0.05) is 45.9 Å². The van der Waals surface area contributed by atoms with Crippen LogP contribution in [0.3, 0.4) is 0 Å². The third kappa shape index (κ3) is 30.6. The number of imidazole rings is 1.